The van der Waals surface area contributed by atoms with Crippen molar-refractivity contribution in [3.63, 3.8) is 0 Å². The average molecular weight is 588 g/mol. The number of aromatic nitrogens is 2. The SMILES string of the molecule is O=C(CN1Cc2ccc(-c3nc(NC4CCOCC4)ncc3Cl)cc2C1=O)N1CCCCC(c2ccccc2)CCC1. The van der Waals surface area contributed by atoms with Gasteiger partial charge in [-0.3, -0.25) is 9.59 Å². The van der Waals surface area contributed by atoms with Gasteiger partial charge in [0.15, 0.2) is 0 Å². The first-order valence-electron chi connectivity index (χ1n) is 15.2. The number of anilines is 1. The highest BCUT2D eigenvalue weighted by Gasteiger charge is 2.31. The molecule has 4 heterocycles. The molecule has 0 radical (unpaired) electrons. The van der Waals surface area contributed by atoms with E-state index in [1.54, 1.807) is 11.1 Å². The van der Waals surface area contributed by atoms with E-state index in [-0.39, 0.29) is 24.4 Å². The van der Waals surface area contributed by atoms with Gasteiger partial charge in [-0.15, -0.1) is 0 Å². The van der Waals surface area contributed by atoms with Crippen LogP contribution in [-0.2, 0) is 16.1 Å². The minimum atomic E-state index is -0.126. The molecule has 8 nitrogen and oxygen atoms in total. The molecule has 9 heteroatoms. The van der Waals surface area contributed by atoms with Gasteiger partial charge >= 0.3 is 0 Å². The van der Waals surface area contributed by atoms with Gasteiger partial charge in [-0.25, -0.2) is 9.97 Å². The smallest absolute Gasteiger partial charge is 0.254 e. The Morgan fingerprint density at radius 1 is 1.00 bits per heavy atom. The molecule has 0 spiro atoms. The lowest BCUT2D eigenvalue weighted by Crippen LogP contribution is -2.41. The van der Waals surface area contributed by atoms with Crippen molar-refractivity contribution in [2.24, 2.45) is 0 Å². The van der Waals surface area contributed by atoms with E-state index in [1.165, 1.54) is 5.56 Å². The molecule has 2 fully saturated rings. The van der Waals surface area contributed by atoms with E-state index in [2.05, 4.69) is 45.6 Å². The Kier molecular flexibility index (Phi) is 9.01. The lowest BCUT2D eigenvalue weighted by Gasteiger charge is -2.25. The number of nitrogens with zero attached hydrogens (tertiary/aromatic N) is 4. The van der Waals surface area contributed by atoms with Gasteiger partial charge in [-0.1, -0.05) is 60.5 Å². The Morgan fingerprint density at radius 3 is 2.62 bits per heavy atom. The van der Waals surface area contributed by atoms with Crippen molar-refractivity contribution < 1.29 is 14.3 Å². The third-order valence-corrected chi connectivity index (χ3v) is 9.00. The molecule has 0 saturated carbocycles. The fraction of sp³-hybridized carbons (Fsp3) is 0.455. The Bertz CT molecular complexity index is 1410. The zero-order valence-electron chi connectivity index (χ0n) is 23.9. The maximum atomic E-state index is 13.5. The lowest BCUT2D eigenvalue weighted by atomic mass is 9.90. The Balaban J connectivity index is 1.09. The van der Waals surface area contributed by atoms with Gasteiger partial charge in [0.25, 0.3) is 5.91 Å². The zero-order valence-corrected chi connectivity index (χ0v) is 24.7. The molecule has 2 amide bonds. The topological polar surface area (TPSA) is 87.7 Å². The summed E-state index contributed by atoms with van der Waals surface area (Å²) in [6.07, 6.45) is 8.66. The van der Waals surface area contributed by atoms with Gasteiger partial charge in [0.2, 0.25) is 11.9 Å². The van der Waals surface area contributed by atoms with Crippen molar-refractivity contribution in [2.75, 3.05) is 38.2 Å². The third-order valence-electron chi connectivity index (χ3n) is 8.72. The first-order chi connectivity index (χ1) is 20.5. The largest absolute Gasteiger partial charge is 0.381 e. The van der Waals surface area contributed by atoms with Crippen LogP contribution in [0.25, 0.3) is 11.3 Å². The van der Waals surface area contributed by atoms with Gasteiger partial charge in [-0.2, -0.15) is 0 Å². The van der Waals surface area contributed by atoms with Gasteiger partial charge in [0, 0.05) is 50.0 Å². The molecule has 2 aromatic carbocycles. The maximum Gasteiger partial charge on any atom is 0.254 e. The monoisotopic (exact) mass is 587 g/mol. The Morgan fingerprint density at radius 2 is 1.79 bits per heavy atom. The fourth-order valence-electron chi connectivity index (χ4n) is 6.35. The van der Waals surface area contributed by atoms with E-state index in [1.807, 2.05) is 23.1 Å². The molecule has 0 aliphatic carbocycles. The van der Waals surface area contributed by atoms with E-state index < -0.39 is 0 Å². The van der Waals surface area contributed by atoms with Crippen LogP contribution in [0.1, 0.15) is 72.3 Å². The first-order valence-corrected chi connectivity index (χ1v) is 15.5. The number of rotatable bonds is 6. The number of fused-ring (bicyclic) bond motifs is 1. The molecule has 3 aliphatic rings. The average Bonchev–Trinajstić information content (AvgIpc) is 3.39. The van der Waals surface area contributed by atoms with Gasteiger partial charge in [0.05, 0.1) is 16.9 Å². The number of nitrogens with one attached hydrogen (secondary N) is 1. The van der Waals surface area contributed by atoms with E-state index in [4.69, 9.17) is 16.3 Å². The number of ether oxygens (including phenoxy) is 1. The zero-order chi connectivity index (χ0) is 28.9. The quantitative estimate of drug-likeness (QED) is 0.385. The predicted molar refractivity (Wildman–Crippen MR) is 164 cm³/mol. The van der Waals surface area contributed by atoms with Crippen molar-refractivity contribution in [1.29, 1.82) is 0 Å². The number of hydrogen-bond acceptors (Lipinski definition) is 6. The minimum absolute atomic E-state index is 0.0252. The van der Waals surface area contributed by atoms with Crippen LogP contribution in [0.15, 0.2) is 54.7 Å². The molecule has 6 rings (SSSR count). The molecule has 1 aromatic heterocycles. The standard InChI is InChI=1S/C33H38ClN5O3/c34-29-20-35-33(36-27-13-17-42-18-14-27)37-31(29)25-11-12-26-21-39(32(41)28(26)19-25)22-30(40)38-15-5-4-9-24(10-6-16-38)23-7-2-1-3-8-23/h1-3,7-8,11-12,19-20,24,27H,4-6,9-10,13-18,21-22H2,(H,35,36,37). The van der Waals surface area contributed by atoms with Crippen LogP contribution in [0.2, 0.25) is 5.02 Å². The molecular formula is C33H38ClN5O3. The van der Waals surface area contributed by atoms with Crippen molar-refractivity contribution in [2.45, 2.75) is 63.5 Å². The Hall–Kier alpha value is -3.49. The van der Waals surface area contributed by atoms with Crippen LogP contribution < -0.4 is 5.32 Å². The van der Waals surface area contributed by atoms with E-state index in [0.29, 0.717) is 34.7 Å². The normalized spacial score (nSPS) is 20.0. The molecule has 42 heavy (non-hydrogen) atoms. The van der Waals surface area contributed by atoms with Crippen molar-refractivity contribution in [1.82, 2.24) is 19.8 Å². The second kappa shape index (κ2) is 13.2. The number of amides is 2. The van der Waals surface area contributed by atoms with Crippen LogP contribution in [0.4, 0.5) is 5.95 Å². The summed E-state index contributed by atoms with van der Waals surface area (Å²) < 4.78 is 5.44. The number of benzene rings is 2. The highest BCUT2D eigenvalue weighted by molar-refractivity contribution is 6.33. The van der Waals surface area contributed by atoms with Gasteiger partial charge in [-0.05, 0) is 61.6 Å². The molecule has 1 atom stereocenters. The lowest BCUT2D eigenvalue weighted by molar-refractivity contribution is -0.132. The summed E-state index contributed by atoms with van der Waals surface area (Å²) in [4.78, 5) is 39.5. The Labute approximate surface area is 252 Å². The summed E-state index contributed by atoms with van der Waals surface area (Å²) in [5, 5.41) is 3.81. The van der Waals surface area contributed by atoms with Gasteiger partial charge < -0.3 is 19.9 Å². The van der Waals surface area contributed by atoms with E-state index >= 15 is 0 Å². The maximum absolute atomic E-state index is 13.5. The summed E-state index contributed by atoms with van der Waals surface area (Å²) in [5.74, 6) is 0.957. The number of carbonyl (C=O) groups is 2. The van der Waals surface area contributed by atoms with Crippen molar-refractivity contribution >= 4 is 29.4 Å². The number of hydrogen-bond donors (Lipinski definition) is 1. The van der Waals surface area contributed by atoms with Crippen LogP contribution in [0, 0.1) is 0 Å². The molecule has 2 saturated heterocycles. The summed E-state index contributed by atoms with van der Waals surface area (Å²) in [7, 11) is 0. The summed E-state index contributed by atoms with van der Waals surface area (Å²) in [6.45, 7) is 3.44. The summed E-state index contributed by atoms with van der Waals surface area (Å²) in [6, 6.07) is 16.7. The molecule has 3 aromatic rings. The van der Waals surface area contributed by atoms with Crippen molar-refractivity contribution in [3.05, 3.63) is 76.4 Å². The molecule has 0 bridgehead atoms. The molecule has 220 valence electrons. The molecule has 1 unspecified atom stereocenters. The molecule has 3 aliphatic heterocycles. The van der Waals surface area contributed by atoms with Crippen molar-refractivity contribution in [3.8, 4) is 11.3 Å². The van der Waals surface area contributed by atoms with Crippen LogP contribution in [0.5, 0.6) is 0 Å². The number of carbonyl (C=O) groups excluding carboxylic acids is 2. The molecular weight excluding hydrogens is 550 g/mol. The van der Waals surface area contributed by atoms with E-state index in [9.17, 15) is 9.59 Å². The van der Waals surface area contributed by atoms with Crippen LogP contribution in [0.3, 0.4) is 0 Å². The van der Waals surface area contributed by atoms with Crippen LogP contribution in [-0.4, -0.2) is 70.5 Å². The second-order valence-electron chi connectivity index (χ2n) is 11.6. The van der Waals surface area contributed by atoms with E-state index in [0.717, 1.165) is 82.4 Å². The number of halogens is 1. The third kappa shape index (κ3) is 6.60. The van der Waals surface area contributed by atoms with Gasteiger partial charge in [0.1, 0.15) is 6.54 Å². The summed E-state index contributed by atoms with van der Waals surface area (Å²) in [5.41, 5.74) is 4.25. The molecule has 1 N–H and O–H groups in total. The summed E-state index contributed by atoms with van der Waals surface area (Å²) >= 11 is 6.51. The first kappa shape index (κ1) is 28.6. The highest BCUT2D eigenvalue weighted by atomic mass is 35.5. The van der Waals surface area contributed by atoms with Crippen LogP contribution >= 0.6 is 11.6 Å². The minimum Gasteiger partial charge on any atom is -0.381 e. The second-order valence-corrected chi connectivity index (χ2v) is 12.0. The fourth-order valence-corrected chi connectivity index (χ4v) is 6.55. The highest BCUT2D eigenvalue weighted by Crippen LogP contribution is 2.32. The predicted octanol–water partition coefficient (Wildman–Crippen LogP) is 5.92.